The van der Waals surface area contributed by atoms with Crippen LogP contribution in [-0.2, 0) is 6.54 Å². The minimum absolute atomic E-state index is 0.209. The molecule has 0 fully saturated rings. The van der Waals surface area contributed by atoms with E-state index >= 15 is 0 Å². The number of rotatable bonds is 4. The Hall–Kier alpha value is -2.96. The van der Waals surface area contributed by atoms with Crippen molar-refractivity contribution in [2.24, 2.45) is 0 Å². The zero-order chi connectivity index (χ0) is 14.7. The van der Waals surface area contributed by atoms with Crippen LogP contribution in [0.15, 0.2) is 41.2 Å². The number of fused-ring (bicyclic) bond motifs is 1. The highest BCUT2D eigenvalue weighted by atomic mass is 16.5. The Morgan fingerprint density at radius 3 is 2.95 bits per heavy atom. The van der Waals surface area contributed by atoms with Gasteiger partial charge in [-0.15, -0.1) is 0 Å². The number of aromatic nitrogens is 3. The minimum atomic E-state index is -0.213. The van der Waals surface area contributed by atoms with Crippen molar-refractivity contribution < 1.29 is 9.32 Å². The molecule has 0 saturated heterocycles. The molecule has 7 nitrogen and oxygen atoms in total. The zero-order valence-electron chi connectivity index (χ0n) is 11.3. The summed E-state index contributed by atoms with van der Waals surface area (Å²) in [5, 5.41) is 10.2. The number of carbonyl (C=O) groups excluding carboxylic acids is 1. The van der Waals surface area contributed by atoms with E-state index in [1.54, 1.807) is 13.1 Å². The van der Waals surface area contributed by atoms with Crippen LogP contribution in [-0.4, -0.2) is 28.1 Å². The molecule has 0 unspecified atom stereocenters. The highest BCUT2D eigenvalue weighted by Crippen LogP contribution is 2.20. The highest BCUT2D eigenvalue weighted by Gasteiger charge is 2.13. The summed E-state index contributed by atoms with van der Waals surface area (Å²) in [7, 11) is 1.76. The molecule has 0 aliphatic carbocycles. The molecule has 21 heavy (non-hydrogen) atoms. The van der Waals surface area contributed by atoms with E-state index in [0.29, 0.717) is 17.2 Å². The molecule has 0 spiro atoms. The molecule has 1 amide bonds. The third-order valence-electron chi connectivity index (χ3n) is 3.03. The first kappa shape index (κ1) is 13.0. The lowest BCUT2D eigenvalue weighted by Gasteiger charge is -2.09. The summed E-state index contributed by atoms with van der Waals surface area (Å²) in [4.78, 5) is 20.6. The average molecular weight is 283 g/mol. The van der Waals surface area contributed by atoms with Crippen molar-refractivity contribution in [3.63, 3.8) is 0 Å². The van der Waals surface area contributed by atoms with Crippen molar-refractivity contribution in [3.8, 4) is 0 Å². The summed E-state index contributed by atoms with van der Waals surface area (Å²) in [6.07, 6.45) is 1.22. The normalized spacial score (nSPS) is 10.5. The largest absolute Gasteiger partial charge is 0.373 e. The fourth-order valence-corrected chi connectivity index (χ4v) is 2.02. The van der Waals surface area contributed by atoms with E-state index < -0.39 is 0 Å². The van der Waals surface area contributed by atoms with Gasteiger partial charge in [0.05, 0.1) is 17.6 Å². The first-order valence-electron chi connectivity index (χ1n) is 6.39. The van der Waals surface area contributed by atoms with Crippen LogP contribution >= 0.6 is 0 Å². The number of carbonyl (C=O) groups is 1. The molecule has 0 radical (unpaired) electrons. The van der Waals surface area contributed by atoms with Gasteiger partial charge in [-0.2, -0.15) is 4.98 Å². The van der Waals surface area contributed by atoms with Crippen molar-refractivity contribution >= 4 is 22.6 Å². The Morgan fingerprint density at radius 1 is 1.33 bits per heavy atom. The lowest BCUT2D eigenvalue weighted by molar-refractivity contribution is 0.0951. The van der Waals surface area contributed by atoms with Gasteiger partial charge in [0.15, 0.2) is 5.82 Å². The average Bonchev–Trinajstić information content (AvgIpc) is 3.05. The van der Waals surface area contributed by atoms with E-state index in [4.69, 9.17) is 0 Å². The summed E-state index contributed by atoms with van der Waals surface area (Å²) < 4.78 is 4.63. The van der Waals surface area contributed by atoms with Gasteiger partial charge in [0.25, 0.3) is 5.91 Å². The van der Waals surface area contributed by atoms with Gasteiger partial charge >= 0.3 is 0 Å². The number of pyridine rings is 1. The van der Waals surface area contributed by atoms with Crippen LogP contribution in [0.5, 0.6) is 0 Å². The van der Waals surface area contributed by atoms with E-state index in [0.717, 1.165) is 10.9 Å². The standard InChI is InChI=1S/C14H13N5O2/c1-15-12-6-10(9-4-2-3-5-11(9)18-12)14(20)16-7-13-17-8-21-19-13/h2-6,8H,7H2,1H3,(H,15,18)(H,16,20). The molecular weight excluding hydrogens is 270 g/mol. The minimum Gasteiger partial charge on any atom is -0.373 e. The molecule has 3 aromatic rings. The topological polar surface area (TPSA) is 92.9 Å². The van der Waals surface area contributed by atoms with Crippen LogP contribution in [0.1, 0.15) is 16.2 Å². The summed E-state index contributed by atoms with van der Waals surface area (Å²) in [5.41, 5.74) is 1.31. The maximum atomic E-state index is 12.4. The van der Waals surface area contributed by atoms with Gasteiger partial charge in [-0.25, -0.2) is 4.98 Å². The number of para-hydroxylation sites is 1. The lowest BCUT2D eigenvalue weighted by Crippen LogP contribution is -2.24. The van der Waals surface area contributed by atoms with Crippen LogP contribution < -0.4 is 10.6 Å². The molecule has 0 aliphatic heterocycles. The number of nitrogens with one attached hydrogen (secondary N) is 2. The van der Waals surface area contributed by atoms with Gasteiger partial charge in [0.1, 0.15) is 5.82 Å². The molecule has 1 aromatic carbocycles. The molecule has 0 aliphatic rings. The third kappa shape index (κ3) is 2.66. The van der Waals surface area contributed by atoms with Crippen LogP contribution in [0.3, 0.4) is 0 Å². The molecule has 0 saturated carbocycles. The van der Waals surface area contributed by atoms with Crippen molar-refractivity contribution in [1.29, 1.82) is 0 Å². The number of nitrogens with zero attached hydrogens (tertiary/aromatic N) is 3. The number of anilines is 1. The van der Waals surface area contributed by atoms with E-state index in [1.807, 2.05) is 24.3 Å². The predicted molar refractivity (Wildman–Crippen MR) is 76.8 cm³/mol. The highest BCUT2D eigenvalue weighted by molar-refractivity contribution is 6.06. The van der Waals surface area contributed by atoms with E-state index in [2.05, 4.69) is 30.3 Å². The smallest absolute Gasteiger partial charge is 0.252 e. The number of amides is 1. The third-order valence-corrected chi connectivity index (χ3v) is 3.03. The summed E-state index contributed by atoms with van der Waals surface area (Å²) in [5.74, 6) is 0.851. The fraction of sp³-hybridized carbons (Fsp3) is 0.143. The zero-order valence-corrected chi connectivity index (χ0v) is 11.3. The molecule has 106 valence electrons. The van der Waals surface area contributed by atoms with Crippen LogP contribution in [0.25, 0.3) is 10.9 Å². The van der Waals surface area contributed by atoms with Gasteiger partial charge in [-0.1, -0.05) is 23.4 Å². The monoisotopic (exact) mass is 283 g/mol. The SMILES string of the molecule is CNc1cc(C(=O)NCc2ncon2)c2ccccc2n1. The Labute approximate surface area is 120 Å². The number of hydrogen-bond acceptors (Lipinski definition) is 6. The Morgan fingerprint density at radius 2 is 2.19 bits per heavy atom. The molecule has 2 N–H and O–H groups in total. The molecular formula is C14H13N5O2. The van der Waals surface area contributed by atoms with Crippen LogP contribution in [0.2, 0.25) is 0 Å². The molecule has 0 atom stereocenters. The van der Waals surface area contributed by atoms with E-state index in [-0.39, 0.29) is 12.5 Å². The fourth-order valence-electron chi connectivity index (χ4n) is 2.02. The quantitative estimate of drug-likeness (QED) is 0.755. The second-order valence-electron chi connectivity index (χ2n) is 4.35. The molecule has 2 aromatic heterocycles. The Kier molecular flexibility index (Phi) is 3.46. The first-order valence-corrected chi connectivity index (χ1v) is 6.39. The van der Waals surface area contributed by atoms with E-state index in [1.165, 1.54) is 6.39 Å². The lowest BCUT2D eigenvalue weighted by atomic mass is 10.1. The Balaban J connectivity index is 1.92. The summed E-state index contributed by atoms with van der Waals surface area (Å²) >= 11 is 0. The van der Waals surface area contributed by atoms with Gasteiger partial charge in [0.2, 0.25) is 6.39 Å². The second kappa shape index (κ2) is 5.58. The molecule has 7 heteroatoms. The maximum absolute atomic E-state index is 12.4. The van der Waals surface area contributed by atoms with Crippen molar-refractivity contribution in [3.05, 3.63) is 48.1 Å². The number of benzene rings is 1. The molecule has 2 heterocycles. The number of hydrogen-bond donors (Lipinski definition) is 2. The van der Waals surface area contributed by atoms with Crippen molar-refractivity contribution in [1.82, 2.24) is 20.4 Å². The van der Waals surface area contributed by atoms with Crippen molar-refractivity contribution in [2.45, 2.75) is 6.54 Å². The van der Waals surface area contributed by atoms with Gasteiger partial charge in [-0.3, -0.25) is 4.79 Å². The maximum Gasteiger partial charge on any atom is 0.252 e. The second-order valence-corrected chi connectivity index (χ2v) is 4.35. The molecule has 3 rings (SSSR count). The van der Waals surface area contributed by atoms with Gasteiger partial charge < -0.3 is 15.2 Å². The summed E-state index contributed by atoms with van der Waals surface area (Å²) in [6, 6.07) is 9.21. The molecule has 0 bridgehead atoms. The van der Waals surface area contributed by atoms with Gasteiger partial charge in [0, 0.05) is 12.4 Å². The first-order chi connectivity index (χ1) is 10.3. The van der Waals surface area contributed by atoms with Crippen LogP contribution in [0, 0.1) is 0 Å². The predicted octanol–water partition coefficient (Wildman–Crippen LogP) is 1.59. The van der Waals surface area contributed by atoms with Gasteiger partial charge in [-0.05, 0) is 12.1 Å². The van der Waals surface area contributed by atoms with E-state index in [9.17, 15) is 4.79 Å². The van der Waals surface area contributed by atoms with Crippen molar-refractivity contribution in [2.75, 3.05) is 12.4 Å². The van der Waals surface area contributed by atoms with Crippen LogP contribution in [0.4, 0.5) is 5.82 Å². The summed E-state index contributed by atoms with van der Waals surface area (Å²) in [6.45, 7) is 0.209. The Bertz CT molecular complexity index is 770.